The van der Waals surface area contributed by atoms with E-state index < -0.39 is 5.82 Å². The smallest absolute Gasteiger partial charge is 0.127 e. The zero-order valence-electron chi connectivity index (χ0n) is 9.53. The molecular weight excluding hydrogens is 237 g/mol. The van der Waals surface area contributed by atoms with Crippen molar-refractivity contribution in [2.45, 2.75) is 20.0 Å². The standard InChI is InChI=1S/C13H14FNOS/c1-9-2-3-17-13(9)8-15-7-10-4-11(14)6-12(16)5-10/h2-6,15-16H,7-8H2,1H3. The molecule has 1 heterocycles. The van der Waals surface area contributed by atoms with Crippen molar-refractivity contribution >= 4 is 11.3 Å². The first-order valence-corrected chi connectivity index (χ1v) is 6.25. The molecule has 0 aliphatic rings. The van der Waals surface area contributed by atoms with Gasteiger partial charge >= 0.3 is 0 Å². The molecule has 0 atom stereocenters. The Labute approximate surface area is 104 Å². The summed E-state index contributed by atoms with van der Waals surface area (Å²) < 4.78 is 13.0. The lowest BCUT2D eigenvalue weighted by Gasteiger charge is -2.05. The van der Waals surface area contributed by atoms with Gasteiger partial charge < -0.3 is 10.4 Å². The molecule has 0 amide bonds. The highest BCUT2D eigenvalue weighted by Crippen LogP contribution is 2.16. The quantitative estimate of drug-likeness (QED) is 0.874. The van der Waals surface area contributed by atoms with E-state index in [0.29, 0.717) is 6.54 Å². The third-order valence-electron chi connectivity index (χ3n) is 2.53. The van der Waals surface area contributed by atoms with Crippen LogP contribution in [0.5, 0.6) is 5.75 Å². The largest absolute Gasteiger partial charge is 0.508 e. The Balaban J connectivity index is 1.92. The van der Waals surface area contributed by atoms with Gasteiger partial charge in [-0.3, -0.25) is 0 Å². The minimum absolute atomic E-state index is 0.0332. The van der Waals surface area contributed by atoms with Crippen LogP contribution < -0.4 is 5.32 Å². The summed E-state index contributed by atoms with van der Waals surface area (Å²) in [6.07, 6.45) is 0. The van der Waals surface area contributed by atoms with Gasteiger partial charge in [-0.1, -0.05) is 0 Å². The van der Waals surface area contributed by atoms with Crippen LogP contribution in [0.2, 0.25) is 0 Å². The van der Waals surface area contributed by atoms with Crippen LogP contribution in [0.1, 0.15) is 16.0 Å². The average Bonchev–Trinajstić information content (AvgIpc) is 2.63. The number of phenolic OH excluding ortho intramolecular Hbond substituents is 1. The summed E-state index contributed by atoms with van der Waals surface area (Å²) in [5.74, 6) is -0.441. The summed E-state index contributed by atoms with van der Waals surface area (Å²) in [6, 6.07) is 6.17. The van der Waals surface area contributed by atoms with Crippen LogP contribution in [-0.2, 0) is 13.1 Å². The first kappa shape index (κ1) is 12.1. The van der Waals surface area contributed by atoms with E-state index in [1.165, 1.54) is 16.5 Å². The number of hydrogen-bond acceptors (Lipinski definition) is 3. The van der Waals surface area contributed by atoms with Crippen molar-refractivity contribution in [1.82, 2.24) is 5.32 Å². The summed E-state index contributed by atoms with van der Waals surface area (Å²) in [4.78, 5) is 1.28. The van der Waals surface area contributed by atoms with Crippen molar-refractivity contribution in [3.63, 3.8) is 0 Å². The number of benzene rings is 1. The van der Waals surface area contributed by atoms with Crippen LogP contribution in [0, 0.1) is 12.7 Å². The van der Waals surface area contributed by atoms with Gasteiger partial charge in [-0.2, -0.15) is 0 Å². The molecule has 0 spiro atoms. The Morgan fingerprint density at radius 1 is 1.29 bits per heavy atom. The maximum atomic E-state index is 13.0. The molecule has 0 aliphatic carbocycles. The summed E-state index contributed by atoms with van der Waals surface area (Å²) in [5, 5.41) is 14.5. The molecule has 1 aromatic heterocycles. The Bertz CT molecular complexity index is 490. The molecule has 0 fully saturated rings. The maximum absolute atomic E-state index is 13.0. The van der Waals surface area contributed by atoms with Crippen LogP contribution in [0.3, 0.4) is 0 Å². The van der Waals surface area contributed by atoms with Gasteiger partial charge in [0.15, 0.2) is 0 Å². The molecule has 0 saturated heterocycles. The summed E-state index contributed by atoms with van der Waals surface area (Å²) >= 11 is 1.71. The van der Waals surface area contributed by atoms with Crippen molar-refractivity contribution in [2.24, 2.45) is 0 Å². The molecule has 2 aromatic rings. The zero-order valence-corrected chi connectivity index (χ0v) is 10.4. The number of hydrogen-bond donors (Lipinski definition) is 2. The van der Waals surface area contributed by atoms with Crippen molar-refractivity contribution < 1.29 is 9.50 Å². The lowest BCUT2D eigenvalue weighted by atomic mass is 10.2. The highest BCUT2D eigenvalue weighted by Gasteiger charge is 2.01. The number of aromatic hydroxyl groups is 1. The average molecular weight is 251 g/mol. The van der Waals surface area contributed by atoms with Gasteiger partial charge in [0.1, 0.15) is 11.6 Å². The van der Waals surface area contributed by atoms with Crippen LogP contribution in [0.25, 0.3) is 0 Å². The second-order valence-corrected chi connectivity index (χ2v) is 4.95. The number of thiophene rings is 1. The summed E-state index contributed by atoms with van der Waals surface area (Å²) in [6.45, 7) is 3.38. The SMILES string of the molecule is Cc1ccsc1CNCc1cc(O)cc(F)c1. The van der Waals surface area contributed by atoms with E-state index in [9.17, 15) is 9.50 Å². The topological polar surface area (TPSA) is 32.3 Å². The fourth-order valence-electron chi connectivity index (χ4n) is 1.64. The van der Waals surface area contributed by atoms with Crippen LogP contribution in [0.4, 0.5) is 4.39 Å². The van der Waals surface area contributed by atoms with E-state index in [0.717, 1.165) is 18.2 Å². The molecule has 1 aromatic carbocycles. The van der Waals surface area contributed by atoms with Gasteiger partial charge in [0.2, 0.25) is 0 Å². The van der Waals surface area contributed by atoms with E-state index in [4.69, 9.17) is 0 Å². The highest BCUT2D eigenvalue weighted by atomic mass is 32.1. The number of rotatable bonds is 4. The summed E-state index contributed by atoms with van der Waals surface area (Å²) in [5.41, 5.74) is 2.02. The van der Waals surface area contributed by atoms with Crippen molar-refractivity contribution in [2.75, 3.05) is 0 Å². The van der Waals surface area contributed by atoms with Crippen LogP contribution in [-0.4, -0.2) is 5.11 Å². The molecule has 17 heavy (non-hydrogen) atoms. The molecule has 4 heteroatoms. The third kappa shape index (κ3) is 3.28. The Morgan fingerprint density at radius 3 is 2.76 bits per heavy atom. The van der Waals surface area contributed by atoms with E-state index in [-0.39, 0.29) is 5.75 Å². The van der Waals surface area contributed by atoms with Crippen molar-refractivity contribution in [3.05, 3.63) is 51.5 Å². The maximum Gasteiger partial charge on any atom is 0.127 e. The molecule has 0 saturated carbocycles. The molecule has 0 aliphatic heterocycles. The fourth-order valence-corrected chi connectivity index (χ4v) is 2.52. The Kier molecular flexibility index (Phi) is 3.76. The molecule has 0 bridgehead atoms. The molecule has 2 N–H and O–H groups in total. The van der Waals surface area contributed by atoms with Crippen molar-refractivity contribution in [3.8, 4) is 5.75 Å². The first-order chi connectivity index (χ1) is 8.15. The normalized spacial score (nSPS) is 10.7. The van der Waals surface area contributed by atoms with E-state index >= 15 is 0 Å². The molecule has 2 rings (SSSR count). The van der Waals surface area contributed by atoms with Crippen LogP contribution >= 0.6 is 11.3 Å². The third-order valence-corrected chi connectivity index (χ3v) is 3.55. The molecule has 2 nitrogen and oxygen atoms in total. The monoisotopic (exact) mass is 251 g/mol. The van der Waals surface area contributed by atoms with Gasteiger partial charge in [0.25, 0.3) is 0 Å². The molecule has 0 unspecified atom stereocenters. The minimum atomic E-state index is -0.408. The van der Waals surface area contributed by atoms with Crippen molar-refractivity contribution in [1.29, 1.82) is 0 Å². The first-order valence-electron chi connectivity index (χ1n) is 5.37. The van der Waals surface area contributed by atoms with Gasteiger partial charge in [0, 0.05) is 24.0 Å². The number of phenols is 1. The van der Waals surface area contributed by atoms with Gasteiger partial charge in [0.05, 0.1) is 0 Å². The van der Waals surface area contributed by atoms with Gasteiger partial charge in [-0.15, -0.1) is 11.3 Å². The zero-order chi connectivity index (χ0) is 12.3. The van der Waals surface area contributed by atoms with Gasteiger partial charge in [-0.25, -0.2) is 4.39 Å². The summed E-state index contributed by atoms with van der Waals surface area (Å²) in [7, 11) is 0. The lowest BCUT2D eigenvalue weighted by molar-refractivity contribution is 0.467. The van der Waals surface area contributed by atoms with E-state index in [1.807, 2.05) is 0 Å². The number of aryl methyl sites for hydroxylation is 1. The second-order valence-electron chi connectivity index (χ2n) is 3.95. The lowest BCUT2D eigenvalue weighted by Crippen LogP contribution is -2.12. The molecular formula is C13H14FNOS. The number of halogens is 1. The Hall–Kier alpha value is -1.39. The van der Waals surface area contributed by atoms with E-state index in [2.05, 4.69) is 23.7 Å². The van der Waals surface area contributed by atoms with Gasteiger partial charge in [-0.05, 0) is 41.6 Å². The van der Waals surface area contributed by atoms with E-state index in [1.54, 1.807) is 17.4 Å². The minimum Gasteiger partial charge on any atom is -0.508 e. The molecule has 0 radical (unpaired) electrons. The Morgan fingerprint density at radius 2 is 2.12 bits per heavy atom. The predicted molar refractivity (Wildman–Crippen MR) is 67.7 cm³/mol. The highest BCUT2D eigenvalue weighted by molar-refractivity contribution is 7.10. The second kappa shape index (κ2) is 5.29. The number of nitrogens with one attached hydrogen (secondary N) is 1. The molecule has 90 valence electrons. The predicted octanol–water partition coefficient (Wildman–Crippen LogP) is 3.19. The van der Waals surface area contributed by atoms with Crippen LogP contribution in [0.15, 0.2) is 29.6 Å². The fraction of sp³-hybridized carbons (Fsp3) is 0.231.